The van der Waals surface area contributed by atoms with E-state index in [2.05, 4.69) is 9.72 Å². The molecule has 98 valence electrons. The van der Waals surface area contributed by atoms with E-state index in [4.69, 9.17) is 0 Å². The Hall–Kier alpha value is -1.81. The summed E-state index contributed by atoms with van der Waals surface area (Å²) in [7, 11) is 1.41. The van der Waals surface area contributed by atoms with E-state index in [0.29, 0.717) is 12.2 Å². The molecule has 4 heteroatoms. The smallest absolute Gasteiger partial charge is 0.306 e. The molecule has 0 radical (unpaired) electrons. The van der Waals surface area contributed by atoms with Gasteiger partial charge in [-0.2, -0.15) is 0 Å². The normalized spacial score (nSPS) is 10.2. The first kappa shape index (κ1) is 13.6. The first-order valence-corrected chi connectivity index (χ1v) is 6.99. The lowest BCUT2D eigenvalue weighted by atomic mass is 10.1. The number of hydrogen-bond acceptors (Lipinski definition) is 4. The molecule has 1 heterocycles. The van der Waals surface area contributed by atoms with Crippen LogP contribution in [-0.2, 0) is 9.53 Å². The first-order chi connectivity index (χ1) is 9.29. The number of pyridine rings is 1. The van der Waals surface area contributed by atoms with Crippen molar-refractivity contribution in [1.82, 2.24) is 4.98 Å². The fourth-order valence-electron chi connectivity index (χ4n) is 1.62. The molecule has 1 aromatic heterocycles. The first-order valence-electron chi connectivity index (χ1n) is 6.00. The van der Waals surface area contributed by atoms with E-state index in [9.17, 15) is 4.79 Å². The van der Waals surface area contributed by atoms with Gasteiger partial charge in [-0.3, -0.25) is 9.78 Å². The third-order valence-corrected chi connectivity index (χ3v) is 3.60. The van der Waals surface area contributed by atoms with Crippen molar-refractivity contribution in [3.63, 3.8) is 0 Å². The predicted octanol–water partition coefficient (Wildman–Crippen LogP) is 3.40. The zero-order valence-corrected chi connectivity index (χ0v) is 11.5. The molecule has 0 aliphatic heterocycles. The number of esters is 1. The van der Waals surface area contributed by atoms with E-state index in [1.807, 2.05) is 42.5 Å². The molecule has 0 unspecified atom stereocenters. The number of methoxy groups -OCH3 is 1. The van der Waals surface area contributed by atoms with Crippen LogP contribution in [0.4, 0.5) is 0 Å². The van der Waals surface area contributed by atoms with Crippen LogP contribution in [0.2, 0.25) is 0 Å². The molecule has 0 amide bonds. The highest BCUT2D eigenvalue weighted by Crippen LogP contribution is 2.24. The molecule has 0 bridgehead atoms. The highest BCUT2D eigenvalue weighted by Gasteiger charge is 2.03. The monoisotopic (exact) mass is 273 g/mol. The molecule has 0 spiro atoms. The number of aromatic nitrogens is 1. The highest BCUT2D eigenvalue weighted by atomic mass is 32.2. The lowest BCUT2D eigenvalue weighted by Gasteiger charge is -2.04. The minimum absolute atomic E-state index is 0.176. The number of thioether (sulfide) groups is 1. The Morgan fingerprint density at radius 3 is 2.79 bits per heavy atom. The van der Waals surface area contributed by atoms with Crippen molar-refractivity contribution in [2.24, 2.45) is 0 Å². The number of carbonyl (C=O) groups excluding carboxylic acids is 1. The van der Waals surface area contributed by atoms with Crippen molar-refractivity contribution in [2.75, 3.05) is 12.9 Å². The quantitative estimate of drug-likeness (QED) is 0.618. The summed E-state index contributed by atoms with van der Waals surface area (Å²) < 4.78 is 4.62. The summed E-state index contributed by atoms with van der Waals surface area (Å²) >= 11 is 1.63. The molecule has 0 fully saturated rings. The summed E-state index contributed by atoms with van der Waals surface area (Å²) in [5, 5.41) is 0. The van der Waals surface area contributed by atoms with Crippen LogP contribution in [0, 0.1) is 0 Å². The van der Waals surface area contributed by atoms with E-state index in [0.717, 1.165) is 16.2 Å². The predicted molar refractivity (Wildman–Crippen MR) is 77.0 cm³/mol. The zero-order valence-electron chi connectivity index (χ0n) is 10.7. The number of nitrogens with zero attached hydrogens (tertiary/aromatic N) is 1. The fourth-order valence-corrected chi connectivity index (χ4v) is 2.48. The molecule has 0 saturated heterocycles. The number of rotatable bonds is 5. The molecular weight excluding hydrogens is 258 g/mol. The number of ether oxygens (including phenoxy) is 1. The fraction of sp³-hybridized carbons (Fsp3) is 0.200. The second kappa shape index (κ2) is 6.95. The maximum absolute atomic E-state index is 11.0. The van der Waals surface area contributed by atoms with Gasteiger partial charge in [-0.1, -0.05) is 30.3 Å². The van der Waals surface area contributed by atoms with E-state index < -0.39 is 0 Å². The van der Waals surface area contributed by atoms with Gasteiger partial charge < -0.3 is 4.74 Å². The maximum Gasteiger partial charge on any atom is 0.306 e. The molecule has 3 nitrogen and oxygen atoms in total. The van der Waals surface area contributed by atoms with Crippen LogP contribution in [-0.4, -0.2) is 23.8 Å². The van der Waals surface area contributed by atoms with E-state index in [1.54, 1.807) is 18.0 Å². The van der Waals surface area contributed by atoms with Crippen LogP contribution in [0.15, 0.2) is 53.6 Å². The van der Waals surface area contributed by atoms with Crippen LogP contribution in [0.1, 0.15) is 6.42 Å². The van der Waals surface area contributed by atoms with Crippen LogP contribution >= 0.6 is 11.8 Å². The molecule has 1 aromatic carbocycles. The summed E-state index contributed by atoms with van der Waals surface area (Å²) in [6, 6.07) is 14.0. The van der Waals surface area contributed by atoms with Gasteiger partial charge in [0, 0.05) is 22.4 Å². The summed E-state index contributed by atoms with van der Waals surface area (Å²) in [5.74, 6) is 0.537. The number of hydrogen-bond donors (Lipinski definition) is 0. The van der Waals surface area contributed by atoms with Crippen molar-refractivity contribution in [3.05, 3.63) is 48.7 Å². The van der Waals surface area contributed by atoms with Crippen LogP contribution in [0.3, 0.4) is 0 Å². The lowest BCUT2D eigenvalue weighted by Crippen LogP contribution is -2.00. The Morgan fingerprint density at radius 2 is 2.05 bits per heavy atom. The molecule has 0 aliphatic carbocycles. The van der Waals surface area contributed by atoms with Gasteiger partial charge in [0.2, 0.25) is 0 Å². The maximum atomic E-state index is 11.0. The van der Waals surface area contributed by atoms with Gasteiger partial charge in [0.05, 0.1) is 19.2 Å². The molecule has 0 atom stereocenters. The third kappa shape index (κ3) is 4.10. The van der Waals surface area contributed by atoms with Crippen molar-refractivity contribution >= 4 is 17.7 Å². The van der Waals surface area contributed by atoms with E-state index in [-0.39, 0.29) is 5.97 Å². The van der Waals surface area contributed by atoms with Gasteiger partial charge >= 0.3 is 5.97 Å². The average Bonchev–Trinajstić information content (AvgIpc) is 2.48. The lowest BCUT2D eigenvalue weighted by molar-refractivity contribution is -0.140. The van der Waals surface area contributed by atoms with Gasteiger partial charge in [0.25, 0.3) is 0 Å². The Labute approximate surface area is 117 Å². The largest absolute Gasteiger partial charge is 0.469 e. The van der Waals surface area contributed by atoms with Crippen molar-refractivity contribution in [1.29, 1.82) is 0 Å². The summed E-state index contributed by atoms with van der Waals surface area (Å²) in [4.78, 5) is 16.5. The van der Waals surface area contributed by atoms with Gasteiger partial charge in [-0.05, 0) is 12.1 Å². The number of carbonyl (C=O) groups is 1. The molecule has 0 N–H and O–H groups in total. The van der Waals surface area contributed by atoms with E-state index in [1.165, 1.54) is 7.11 Å². The second-order valence-electron chi connectivity index (χ2n) is 3.92. The van der Waals surface area contributed by atoms with Gasteiger partial charge in [0.1, 0.15) is 0 Å². The van der Waals surface area contributed by atoms with Crippen LogP contribution in [0.5, 0.6) is 0 Å². The van der Waals surface area contributed by atoms with E-state index >= 15 is 0 Å². The van der Waals surface area contributed by atoms with Gasteiger partial charge in [-0.25, -0.2) is 0 Å². The Balaban J connectivity index is 2.02. The summed E-state index contributed by atoms with van der Waals surface area (Å²) in [5.41, 5.74) is 2.04. The highest BCUT2D eigenvalue weighted by molar-refractivity contribution is 7.99. The third-order valence-electron chi connectivity index (χ3n) is 2.60. The Bertz CT molecular complexity index is 543. The number of benzene rings is 1. The second-order valence-corrected chi connectivity index (χ2v) is 5.09. The SMILES string of the molecule is COC(=O)CCSc1ccnc(-c2ccccc2)c1. The minimum atomic E-state index is -0.176. The molecule has 2 aromatic rings. The minimum Gasteiger partial charge on any atom is -0.469 e. The Kier molecular flexibility index (Phi) is 4.98. The summed E-state index contributed by atoms with van der Waals surface area (Å²) in [6.45, 7) is 0. The Morgan fingerprint density at radius 1 is 1.26 bits per heavy atom. The molecular formula is C15H15NO2S. The van der Waals surface area contributed by atoms with Crippen molar-refractivity contribution in [2.45, 2.75) is 11.3 Å². The van der Waals surface area contributed by atoms with Crippen LogP contribution in [0.25, 0.3) is 11.3 Å². The van der Waals surface area contributed by atoms with Crippen LogP contribution < -0.4 is 0 Å². The molecule has 19 heavy (non-hydrogen) atoms. The standard InChI is InChI=1S/C15H15NO2S/c1-18-15(17)8-10-19-13-7-9-16-14(11-13)12-5-3-2-4-6-12/h2-7,9,11H,8,10H2,1H3. The van der Waals surface area contributed by atoms with Gasteiger partial charge in [0.15, 0.2) is 0 Å². The van der Waals surface area contributed by atoms with Gasteiger partial charge in [-0.15, -0.1) is 11.8 Å². The molecule has 2 rings (SSSR count). The molecule has 0 saturated carbocycles. The zero-order chi connectivity index (χ0) is 13.5. The summed E-state index contributed by atoms with van der Waals surface area (Å²) in [6.07, 6.45) is 2.22. The average molecular weight is 273 g/mol. The molecule has 0 aliphatic rings. The van der Waals surface area contributed by atoms with Crippen molar-refractivity contribution < 1.29 is 9.53 Å². The topological polar surface area (TPSA) is 39.2 Å². The van der Waals surface area contributed by atoms with Crippen molar-refractivity contribution in [3.8, 4) is 11.3 Å².